The van der Waals surface area contributed by atoms with Crippen molar-refractivity contribution in [1.82, 2.24) is 20.6 Å². The average molecular weight is 480 g/mol. The van der Waals surface area contributed by atoms with Crippen molar-refractivity contribution in [2.45, 2.75) is 82.7 Å². The first-order chi connectivity index (χ1) is 16.6. The van der Waals surface area contributed by atoms with Crippen LogP contribution >= 0.6 is 0 Å². The number of piperazine rings is 1. The molecule has 3 heterocycles. The van der Waals surface area contributed by atoms with Gasteiger partial charge in [0.15, 0.2) is 0 Å². The van der Waals surface area contributed by atoms with Gasteiger partial charge in [-0.2, -0.15) is 0 Å². The first kappa shape index (κ1) is 25.6. The molecule has 4 rings (SSSR count). The van der Waals surface area contributed by atoms with Crippen LogP contribution in [0.15, 0.2) is 36.7 Å². The van der Waals surface area contributed by atoms with Crippen LogP contribution in [0.2, 0.25) is 0 Å². The number of hydrogen-bond donors (Lipinski definition) is 2. The van der Waals surface area contributed by atoms with E-state index in [0.29, 0.717) is 13.2 Å². The molecule has 1 atom stereocenters. The number of hydrogen-bond acceptors (Lipinski definition) is 6. The third kappa shape index (κ3) is 5.84. The highest BCUT2D eigenvalue weighted by molar-refractivity contribution is 5.97. The topological polar surface area (TPSA) is 79.4 Å². The van der Waals surface area contributed by atoms with Gasteiger partial charge in [0, 0.05) is 35.3 Å². The van der Waals surface area contributed by atoms with Crippen molar-refractivity contribution in [3.63, 3.8) is 0 Å². The zero-order valence-electron chi connectivity index (χ0n) is 22.1. The molecular weight excluding hydrogens is 438 g/mol. The molecule has 7 nitrogen and oxygen atoms in total. The minimum absolute atomic E-state index is 0.0677. The molecule has 0 radical (unpaired) electrons. The lowest BCUT2D eigenvalue weighted by Gasteiger charge is -2.33. The van der Waals surface area contributed by atoms with Gasteiger partial charge in [0.05, 0.1) is 29.7 Å². The Kier molecular flexibility index (Phi) is 7.21. The van der Waals surface area contributed by atoms with E-state index in [1.807, 2.05) is 43.4 Å². The highest BCUT2D eigenvalue weighted by atomic mass is 16.5. The van der Waals surface area contributed by atoms with Gasteiger partial charge in [-0.05, 0) is 63.9 Å². The molecule has 2 N–H and O–H groups in total. The van der Waals surface area contributed by atoms with Crippen LogP contribution in [0.3, 0.4) is 0 Å². The predicted molar refractivity (Wildman–Crippen MR) is 140 cm³/mol. The van der Waals surface area contributed by atoms with E-state index in [2.05, 4.69) is 50.5 Å². The van der Waals surface area contributed by atoms with Crippen LogP contribution in [0.25, 0.3) is 0 Å². The number of nitrogens with zero attached hydrogens (tertiary/aromatic N) is 3. The Morgan fingerprint density at radius 1 is 1.06 bits per heavy atom. The standard InChI is InChI=1S/C28H41N5O2/c1-20-25(34)33(16-15-30-20)21-7-9-23(31-17-21)26(2,3)11-12-27(4,5)24-10-8-22(18-32-24)35-19-28(29-6)13-14-28/h7-10,17-18,20,29-30H,11-16,19H2,1-6H3/t20-/m1/s1. The second kappa shape index (κ2) is 9.86. The van der Waals surface area contributed by atoms with Crippen molar-refractivity contribution in [1.29, 1.82) is 0 Å². The van der Waals surface area contributed by atoms with Crippen LogP contribution in [0.4, 0.5) is 5.69 Å². The third-order valence-electron chi connectivity index (χ3n) is 7.88. The summed E-state index contributed by atoms with van der Waals surface area (Å²) in [5, 5.41) is 6.56. The minimum Gasteiger partial charge on any atom is -0.490 e. The van der Waals surface area contributed by atoms with Crippen LogP contribution in [0, 0.1) is 0 Å². The summed E-state index contributed by atoms with van der Waals surface area (Å²) in [6, 6.07) is 8.09. The molecule has 1 aliphatic heterocycles. The van der Waals surface area contributed by atoms with Gasteiger partial charge in [-0.1, -0.05) is 27.7 Å². The van der Waals surface area contributed by atoms with Gasteiger partial charge in [0.25, 0.3) is 0 Å². The van der Waals surface area contributed by atoms with Gasteiger partial charge in [-0.25, -0.2) is 0 Å². The monoisotopic (exact) mass is 479 g/mol. The number of carbonyl (C=O) groups excluding carboxylic acids is 1. The van der Waals surface area contributed by atoms with E-state index in [-0.39, 0.29) is 28.3 Å². The molecule has 1 aliphatic carbocycles. The molecule has 35 heavy (non-hydrogen) atoms. The van der Waals surface area contributed by atoms with Crippen molar-refractivity contribution in [2.24, 2.45) is 0 Å². The number of rotatable bonds is 10. The molecule has 2 aliphatic rings. The summed E-state index contributed by atoms with van der Waals surface area (Å²) >= 11 is 0. The fourth-order valence-corrected chi connectivity index (χ4v) is 4.61. The zero-order chi connectivity index (χ0) is 25.3. The first-order valence-corrected chi connectivity index (χ1v) is 12.8. The Morgan fingerprint density at radius 2 is 1.69 bits per heavy atom. The summed E-state index contributed by atoms with van der Waals surface area (Å²) in [4.78, 5) is 23.8. The minimum atomic E-state index is -0.153. The molecule has 2 aromatic heterocycles. The van der Waals surface area contributed by atoms with Crippen LogP contribution in [0.1, 0.15) is 71.7 Å². The van der Waals surface area contributed by atoms with E-state index in [9.17, 15) is 4.79 Å². The Labute approximate surface area is 210 Å². The normalized spacial score (nSPS) is 20.1. The molecule has 1 saturated carbocycles. The molecule has 7 heteroatoms. The quantitative estimate of drug-likeness (QED) is 0.537. The number of amides is 1. The van der Waals surface area contributed by atoms with E-state index in [4.69, 9.17) is 14.7 Å². The largest absolute Gasteiger partial charge is 0.490 e. The lowest BCUT2D eigenvalue weighted by atomic mass is 9.75. The maximum atomic E-state index is 12.5. The number of ether oxygens (including phenoxy) is 1. The molecule has 0 aromatic carbocycles. The van der Waals surface area contributed by atoms with Crippen molar-refractivity contribution in [3.8, 4) is 5.75 Å². The number of nitrogens with one attached hydrogen (secondary N) is 2. The zero-order valence-corrected chi connectivity index (χ0v) is 22.1. The van der Waals surface area contributed by atoms with Crippen molar-refractivity contribution < 1.29 is 9.53 Å². The molecule has 0 unspecified atom stereocenters. The first-order valence-electron chi connectivity index (χ1n) is 12.8. The van der Waals surface area contributed by atoms with E-state index in [0.717, 1.165) is 42.2 Å². The van der Waals surface area contributed by atoms with Gasteiger partial charge in [-0.3, -0.25) is 14.8 Å². The fraction of sp³-hybridized carbons (Fsp3) is 0.607. The van der Waals surface area contributed by atoms with Gasteiger partial charge >= 0.3 is 0 Å². The number of aromatic nitrogens is 2. The highest BCUT2D eigenvalue weighted by Crippen LogP contribution is 2.37. The number of likely N-dealkylation sites (N-methyl/N-ethyl adjacent to an activating group) is 1. The molecule has 2 aromatic rings. The number of anilines is 1. The smallest absolute Gasteiger partial charge is 0.243 e. The van der Waals surface area contributed by atoms with Crippen LogP contribution in [-0.2, 0) is 15.6 Å². The van der Waals surface area contributed by atoms with Crippen LogP contribution in [0.5, 0.6) is 5.75 Å². The molecule has 1 amide bonds. The maximum Gasteiger partial charge on any atom is 0.243 e. The van der Waals surface area contributed by atoms with Crippen LogP contribution in [-0.4, -0.2) is 54.2 Å². The highest BCUT2D eigenvalue weighted by Gasteiger charge is 2.42. The van der Waals surface area contributed by atoms with Crippen LogP contribution < -0.4 is 20.3 Å². The second-order valence-corrected chi connectivity index (χ2v) is 11.5. The maximum absolute atomic E-state index is 12.5. The summed E-state index contributed by atoms with van der Waals surface area (Å²) < 4.78 is 5.97. The van der Waals surface area contributed by atoms with E-state index >= 15 is 0 Å². The summed E-state index contributed by atoms with van der Waals surface area (Å²) in [7, 11) is 2.00. The van der Waals surface area contributed by atoms with Crippen molar-refractivity contribution in [3.05, 3.63) is 48.0 Å². The van der Waals surface area contributed by atoms with Gasteiger partial charge in [-0.15, -0.1) is 0 Å². The second-order valence-electron chi connectivity index (χ2n) is 11.5. The van der Waals surface area contributed by atoms with Gasteiger partial charge < -0.3 is 20.3 Å². The number of pyridine rings is 2. The predicted octanol–water partition coefficient (Wildman–Crippen LogP) is 3.97. The molecule has 2 fully saturated rings. The summed E-state index contributed by atoms with van der Waals surface area (Å²) in [5.74, 6) is 0.929. The molecule has 0 bridgehead atoms. The molecule has 0 spiro atoms. The van der Waals surface area contributed by atoms with Gasteiger partial charge in [0.1, 0.15) is 12.4 Å². The Bertz CT molecular complexity index is 1010. The molecule has 190 valence electrons. The third-order valence-corrected chi connectivity index (χ3v) is 7.88. The summed E-state index contributed by atoms with van der Waals surface area (Å²) in [5.41, 5.74) is 2.99. The fourth-order valence-electron chi connectivity index (χ4n) is 4.61. The lowest BCUT2D eigenvalue weighted by Crippen LogP contribution is -2.53. The Hall–Kier alpha value is -2.51. The SMILES string of the molecule is CNC1(COc2ccc(C(C)(C)CCC(C)(C)c3ccc(N4CCN[C@H](C)C4=O)cn3)nc2)CC1. The Balaban J connectivity index is 1.35. The summed E-state index contributed by atoms with van der Waals surface area (Å²) in [6.45, 7) is 13.0. The molecule has 1 saturated heterocycles. The van der Waals surface area contributed by atoms with E-state index in [1.54, 1.807) is 0 Å². The summed E-state index contributed by atoms with van der Waals surface area (Å²) in [6.07, 6.45) is 7.99. The number of carbonyl (C=O) groups is 1. The lowest BCUT2D eigenvalue weighted by molar-refractivity contribution is -0.121. The van der Waals surface area contributed by atoms with Crippen molar-refractivity contribution >= 4 is 11.6 Å². The van der Waals surface area contributed by atoms with E-state index < -0.39 is 0 Å². The van der Waals surface area contributed by atoms with Gasteiger partial charge in [0.2, 0.25) is 5.91 Å². The Morgan fingerprint density at radius 3 is 2.20 bits per heavy atom. The molecular formula is C28H41N5O2. The van der Waals surface area contributed by atoms with E-state index in [1.165, 1.54) is 12.8 Å². The van der Waals surface area contributed by atoms with Crippen molar-refractivity contribution in [2.75, 3.05) is 31.6 Å². The average Bonchev–Trinajstić information content (AvgIpc) is 3.64.